The zero-order chi connectivity index (χ0) is 17.9. The topological polar surface area (TPSA) is 84.9 Å². The highest BCUT2D eigenvalue weighted by molar-refractivity contribution is 6.04. The minimum atomic E-state index is -0.593. The molecule has 1 aliphatic heterocycles. The van der Waals surface area contributed by atoms with E-state index < -0.39 is 11.5 Å². The number of carbonyl (C=O) groups is 3. The number of amides is 2. The number of hydrogen-bond donors (Lipinski definition) is 1. The van der Waals surface area contributed by atoms with E-state index in [2.05, 4.69) is 5.32 Å². The van der Waals surface area contributed by atoms with Crippen LogP contribution in [0.5, 0.6) is 5.75 Å². The first-order valence-corrected chi connectivity index (χ1v) is 7.77. The molecule has 0 aromatic heterocycles. The Morgan fingerprint density at radius 3 is 2.67 bits per heavy atom. The number of ether oxygens (including phenoxy) is 2. The number of anilines is 1. The van der Waals surface area contributed by atoms with Gasteiger partial charge in [0.2, 0.25) is 0 Å². The molecule has 2 amide bonds. The van der Waals surface area contributed by atoms with Crippen molar-refractivity contribution >= 4 is 23.5 Å². The number of hydrogen-bond acceptors (Lipinski definition) is 5. The van der Waals surface area contributed by atoms with Gasteiger partial charge in [-0.25, -0.2) is 0 Å². The maximum Gasteiger partial charge on any atom is 0.325 e. The molecule has 24 heavy (non-hydrogen) atoms. The van der Waals surface area contributed by atoms with E-state index in [1.807, 2.05) is 20.8 Å². The van der Waals surface area contributed by atoms with Crippen LogP contribution in [0.15, 0.2) is 18.2 Å². The van der Waals surface area contributed by atoms with Crippen molar-refractivity contribution in [2.24, 2.45) is 0 Å². The van der Waals surface area contributed by atoms with Crippen molar-refractivity contribution in [3.63, 3.8) is 0 Å². The molecule has 7 nitrogen and oxygen atoms in total. The van der Waals surface area contributed by atoms with Crippen LogP contribution in [0.25, 0.3) is 0 Å². The van der Waals surface area contributed by atoms with E-state index in [1.165, 1.54) is 4.90 Å². The van der Waals surface area contributed by atoms with Gasteiger partial charge in [0, 0.05) is 5.54 Å². The van der Waals surface area contributed by atoms with Gasteiger partial charge in [-0.3, -0.25) is 14.4 Å². The predicted molar refractivity (Wildman–Crippen MR) is 88.0 cm³/mol. The minimum Gasteiger partial charge on any atom is -0.481 e. The molecule has 2 rings (SSSR count). The third kappa shape index (κ3) is 3.84. The van der Waals surface area contributed by atoms with Gasteiger partial charge < -0.3 is 19.7 Å². The Hall–Kier alpha value is -2.57. The standard InChI is InChI=1S/C17H22N2O5/c1-5-23-14(21)9-19(17(2,3)4)16(22)11-7-6-8-12-15(11)24-10-13(20)18-12/h6-8H,5,9-10H2,1-4H3,(H,18,20). The van der Waals surface area contributed by atoms with E-state index in [0.29, 0.717) is 17.0 Å². The molecule has 0 bridgehead atoms. The van der Waals surface area contributed by atoms with Gasteiger partial charge in [-0.1, -0.05) is 6.07 Å². The smallest absolute Gasteiger partial charge is 0.325 e. The molecule has 0 saturated carbocycles. The summed E-state index contributed by atoms with van der Waals surface area (Å²) in [6, 6.07) is 4.94. The van der Waals surface area contributed by atoms with Crippen LogP contribution in [0.4, 0.5) is 5.69 Å². The molecule has 1 aromatic rings. The molecule has 0 atom stereocenters. The molecule has 0 fully saturated rings. The van der Waals surface area contributed by atoms with Crippen LogP contribution < -0.4 is 10.1 Å². The second kappa shape index (κ2) is 6.90. The number of para-hydroxylation sites is 1. The number of fused-ring (bicyclic) bond motifs is 1. The summed E-state index contributed by atoms with van der Waals surface area (Å²) < 4.78 is 10.4. The third-order valence-electron chi connectivity index (χ3n) is 3.51. The molecule has 0 unspecified atom stereocenters. The highest BCUT2D eigenvalue weighted by Crippen LogP contribution is 2.33. The minimum absolute atomic E-state index is 0.148. The van der Waals surface area contributed by atoms with Gasteiger partial charge in [-0.05, 0) is 39.8 Å². The first kappa shape index (κ1) is 17.8. The number of esters is 1. The fourth-order valence-electron chi connectivity index (χ4n) is 2.38. The Bertz CT molecular complexity index is 663. The largest absolute Gasteiger partial charge is 0.481 e. The van der Waals surface area contributed by atoms with Crippen molar-refractivity contribution in [1.29, 1.82) is 0 Å². The summed E-state index contributed by atoms with van der Waals surface area (Å²) >= 11 is 0. The molecule has 0 spiro atoms. The number of nitrogens with one attached hydrogen (secondary N) is 1. The van der Waals surface area contributed by atoms with Crippen LogP contribution >= 0.6 is 0 Å². The van der Waals surface area contributed by atoms with Crippen LogP contribution in [0.1, 0.15) is 38.1 Å². The summed E-state index contributed by atoms with van der Waals surface area (Å²) in [5.74, 6) is -0.783. The summed E-state index contributed by atoms with van der Waals surface area (Å²) in [6.07, 6.45) is 0. The SMILES string of the molecule is CCOC(=O)CN(C(=O)c1cccc2c1OCC(=O)N2)C(C)(C)C. The fourth-order valence-corrected chi connectivity index (χ4v) is 2.38. The van der Waals surface area contributed by atoms with E-state index in [0.717, 1.165) is 0 Å². The molecule has 0 saturated heterocycles. The molecule has 1 aromatic carbocycles. The summed E-state index contributed by atoms with van der Waals surface area (Å²) in [5.41, 5.74) is 0.152. The molecule has 1 heterocycles. The van der Waals surface area contributed by atoms with E-state index >= 15 is 0 Å². The van der Waals surface area contributed by atoms with Crippen molar-refractivity contribution in [3.8, 4) is 5.75 Å². The highest BCUT2D eigenvalue weighted by atomic mass is 16.5. The van der Waals surface area contributed by atoms with Crippen LogP contribution in [0.2, 0.25) is 0 Å². The van der Waals surface area contributed by atoms with Crippen molar-refractivity contribution in [2.75, 3.05) is 25.1 Å². The lowest BCUT2D eigenvalue weighted by molar-refractivity contribution is -0.144. The number of benzene rings is 1. The lowest BCUT2D eigenvalue weighted by atomic mass is 10.0. The zero-order valence-corrected chi connectivity index (χ0v) is 14.3. The van der Waals surface area contributed by atoms with Gasteiger partial charge in [0.25, 0.3) is 11.8 Å². The lowest BCUT2D eigenvalue weighted by Crippen LogP contribution is -2.48. The van der Waals surface area contributed by atoms with Crippen molar-refractivity contribution in [3.05, 3.63) is 23.8 Å². The van der Waals surface area contributed by atoms with Gasteiger partial charge in [0.1, 0.15) is 6.54 Å². The molecular weight excluding hydrogens is 312 g/mol. The Kier molecular flexibility index (Phi) is 5.11. The van der Waals surface area contributed by atoms with Gasteiger partial charge in [0.05, 0.1) is 17.9 Å². The summed E-state index contributed by atoms with van der Waals surface area (Å²) in [6.45, 7) is 7.16. The van der Waals surface area contributed by atoms with E-state index in [4.69, 9.17) is 9.47 Å². The highest BCUT2D eigenvalue weighted by Gasteiger charge is 2.33. The van der Waals surface area contributed by atoms with Crippen LogP contribution in [0.3, 0.4) is 0 Å². The monoisotopic (exact) mass is 334 g/mol. The Labute approximate surface area is 140 Å². The number of carbonyl (C=O) groups excluding carboxylic acids is 3. The van der Waals surface area contributed by atoms with E-state index in [9.17, 15) is 14.4 Å². The second-order valence-electron chi connectivity index (χ2n) is 6.39. The molecule has 7 heteroatoms. The van der Waals surface area contributed by atoms with Crippen molar-refractivity contribution in [2.45, 2.75) is 33.2 Å². The van der Waals surface area contributed by atoms with Crippen LogP contribution in [-0.2, 0) is 14.3 Å². The van der Waals surface area contributed by atoms with Gasteiger partial charge in [-0.15, -0.1) is 0 Å². The maximum atomic E-state index is 13.0. The van der Waals surface area contributed by atoms with Crippen molar-refractivity contribution in [1.82, 2.24) is 4.90 Å². The average molecular weight is 334 g/mol. The second-order valence-corrected chi connectivity index (χ2v) is 6.39. The summed E-state index contributed by atoms with van der Waals surface area (Å²) in [4.78, 5) is 37.7. The number of rotatable bonds is 4. The molecule has 1 N–H and O–H groups in total. The molecule has 130 valence electrons. The van der Waals surface area contributed by atoms with E-state index in [1.54, 1.807) is 25.1 Å². The Morgan fingerprint density at radius 2 is 2.04 bits per heavy atom. The van der Waals surface area contributed by atoms with Gasteiger partial charge in [-0.2, -0.15) is 0 Å². The average Bonchev–Trinajstić information content (AvgIpc) is 2.50. The first-order valence-electron chi connectivity index (χ1n) is 7.77. The predicted octanol–water partition coefficient (Wildman–Crippen LogP) is 1.82. The third-order valence-corrected chi connectivity index (χ3v) is 3.51. The maximum absolute atomic E-state index is 13.0. The summed E-state index contributed by atoms with van der Waals surface area (Å²) in [5, 5.41) is 2.67. The van der Waals surface area contributed by atoms with Gasteiger partial charge in [0.15, 0.2) is 12.4 Å². The quantitative estimate of drug-likeness (QED) is 0.849. The first-order chi connectivity index (χ1) is 11.2. The Balaban J connectivity index is 2.35. The van der Waals surface area contributed by atoms with Crippen LogP contribution in [-0.4, -0.2) is 48.0 Å². The number of nitrogens with zero attached hydrogens (tertiary/aromatic N) is 1. The van der Waals surface area contributed by atoms with Gasteiger partial charge >= 0.3 is 5.97 Å². The lowest BCUT2D eigenvalue weighted by Gasteiger charge is -2.35. The fraction of sp³-hybridized carbons (Fsp3) is 0.471. The molecule has 0 radical (unpaired) electrons. The summed E-state index contributed by atoms with van der Waals surface area (Å²) in [7, 11) is 0. The molecular formula is C17H22N2O5. The molecule has 0 aliphatic carbocycles. The van der Waals surface area contributed by atoms with Crippen molar-refractivity contribution < 1.29 is 23.9 Å². The zero-order valence-electron chi connectivity index (χ0n) is 14.3. The Morgan fingerprint density at radius 1 is 1.33 bits per heavy atom. The molecule has 1 aliphatic rings. The van der Waals surface area contributed by atoms with Crippen LogP contribution in [0, 0.1) is 0 Å². The van der Waals surface area contributed by atoms with E-state index in [-0.39, 0.29) is 31.6 Å². The normalized spacial score (nSPS) is 13.4.